The number of aromatic amines is 1. The van der Waals surface area contributed by atoms with Gasteiger partial charge in [-0.25, -0.2) is 0 Å². The highest BCUT2D eigenvalue weighted by Gasteiger charge is 2.15. The zero-order chi connectivity index (χ0) is 20.5. The van der Waals surface area contributed by atoms with E-state index < -0.39 is 4.92 Å². The fraction of sp³-hybridized carbons (Fsp3) is 0.100. The SMILES string of the molecule is Cc1cc(C)c2occ(/C=C(/c3ccc([N+](=O)[O-])cc3)c3nn[nH]n3)c(=O)c2c1. The van der Waals surface area contributed by atoms with Gasteiger partial charge in [-0.05, 0) is 60.0 Å². The van der Waals surface area contributed by atoms with E-state index in [-0.39, 0.29) is 16.9 Å². The molecule has 0 unspecified atom stereocenters. The molecule has 9 nitrogen and oxygen atoms in total. The van der Waals surface area contributed by atoms with Crippen LogP contribution in [0.5, 0.6) is 0 Å². The van der Waals surface area contributed by atoms with Crippen LogP contribution < -0.4 is 5.43 Å². The van der Waals surface area contributed by atoms with Gasteiger partial charge in [0.25, 0.3) is 5.69 Å². The summed E-state index contributed by atoms with van der Waals surface area (Å²) in [5, 5.41) is 25.3. The topological polar surface area (TPSA) is 128 Å². The van der Waals surface area contributed by atoms with Crippen LogP contribution in [0.1, 0.15) is 28.1 Å². The second-order valence-electron chi connectivity index (χ2n) is 6.58. The second kappa shape index (κ2) is 7.12. The molecule has 2 aromatic heterocycles. The molecule has 0 aliphatic rings. The number of non-ortho nitro benzene ring substituents is 1. The zero-order valence-electron chi connectivity index (χ0n) is 15.5. The lowest BCUT2D eigenvalue weighted by Gasteiger charge is -2.06. The van der Waals surface area contributed by atoms with Gasteiger partial charge in [-0.2, -0.15) is 5.21 Å². The molecule has 0 spiro atoms. The second-order valence-corrected chi connectivity index (χ2v) is 6.58. The quantitative estimate of drug-likeness (QED) is 0.418. The number of nitro groups is 1. The molecule has 2 heterocycles. The van der Waals surface area contributed by atoms with Gasteiger partial charge in [0.05, 0.1) is 15.9 Å². The molecule has 144 valence electrons. The minimum atomic E-state index is -0.482. The van der Waals surface area contributed by atoms with Gasteiger partial charge in [-0.1, -0.05) is 6.07 Å². The standard InChI is InChI=1S/C20H15N5O4/c1-11-7-12(2)19-17(8-11)18(26)14(10-29-19)9-16(20-21-23-24-22-20)13-3-5-15(6-4-13)25(27)28/h3-10H,1-2H3,(H,21,22,23,24)/b16-9-. The molecule has 9 heteroatoms. The summed E-state index contributed by atoms with van der Waals surface area (Å²) in [6.45, 7) is 3.80. The van der Waals surface area contributed by atoms with E-state index >= 15 is 0 Å². The summed E-state index contributed by atoms with van der Waals surface area (Å²) in [5.41, 5.74) is 3.51. The lowest BCUT2D eigenvalue weighted by molar-refractivity contribution is -0.384. The molecule has 0 fully saturated rings. The van der Waals surface area contributed by atoms with Gasteiger partial charge in [0.15, 0.2) is 5.43 Å². The summed E-state index contributed by atoms with van der Waals surface area (Å²) < 4.78 is 5.72. The van der Waals surface area contributed by atoms with Gasteiger partial charge in [0.2, 0.25) is 5.82 Å². The molecule has 0 aliphatic heterocycles. The molecular formula is C20H15N5O4. The summed E-state index contributed by atoms with van der Waals surface area (Å²) in [5.74, 6) is 0.249. The number of nitrogens with one attached hydrogen (secondary N) is 1. The van der Waals surface area contributed by atoms with Crippen molar-refractivity contribution in [3.05, 3.63) is 91.1 Å². The van der Waals surface area contributed by atoms with E-state index in [9.17, 15) is 14.9 Å². The zero-order valence-corrected chi connectivity index (χ0v) is 15.5. The van der Waals surface area contributed by atoms with Gasteiger partial charge in [0, 0.05) is 17.7 Å². The maximum atomic E-state index is 13.1. The Morgan fingerprint density at radius 2 is 1.97 bits per heavy atom. The molecule has 0 saturated carbocycles. The Morgan fingerprint density at radius 3 is 2.62 bits per heavy atom. The average Bonchev–Trinajstić information content (AvgIpc) is 3.22. The summed E-state index contributed by atoms with van der Waals surface area (Å²) in [6.07, 6.45) is 2.98. The first-order valence-corrected chi connectivity index (χ1v) is 8.67. The van der Waals surface area contributed by atoms with Crippen LogP contribution in [0.15, 0.2) is 51.9 Å². The largest absolute Gasteiger partial charge is 0.463 e. The van der Waals surface area contributed by atoms with Crippen molar-refractivity contribution in [1.82, 2.24) is 20.6 Å². The third-order valence-corrected chi connectivity index (χ3v) is 4.50. The minimum absolute atomic E-state index is 0.0441. The number of fused-ring (bicyclic) bond motifs is 1. The predicted molar refractivity (Wildman–Crippen MR) is 106 cm³/mol. The fourth-order valence-electron chi connectivity index (χ4n) is 3.18. The Hall–Kier alpha value is -4.14. The third-order valence-electron chi connectivity index (χ3n) is 4.50. The first kappa shape index (κ1) is 18.2. The molecule has 0 bridgehead atoms. The van der Waals surface area contributed by atoms with Crippen molar-refractivity contribution >= 4 is 28.3 Å². The molecule has 0 amide bonds. The van der Waals surface area contributed by atoms with E-state index in [0.717, 1.165) is 11.1 Å². The van der Waals surface area contributed by atoms with Crippen molar-refractivity contribution in [1.29, 1.82) is 0 Å². The number of rotatable bonds is 4. The fourth-order valence-corrected chi connectivity index (χ4v) is 3.18. The molecule has 4 aromatic rings. The summed E-state index contributed by atoms with van der Waals surface area (Å²) >= 11 is 0. The lowest BCUT2D eigenvalue weighted by Crippen LogP contribution is -2.06. The Morgan fingerprint density at radius 1 is 1.21 bits per heavy atom. The van der Waals surface area contributed by atoms with Gasteiger partial charge in [-0.15, -0.1) is 10.2 Å². The summed E-state index contributed by atoms with van der Waals surface area (Å²) in [7, 11) is 0. The number of aryl methyl sites for hydroxylation is 2. The van der Waals surface area contributed by atoms with Crippen LogP contribution in [0.4, 0.5) is 5.69 Å². The van der Waals surface area contributed by atoms with E-state index in [1.54, 1.807) is 24.3 Å². The molecule has 29 heavy (non-hydrogen) atoms. The molecule has 2 aromatic carbocycles. The van der Waals surface area contributed by atoms with Crippen LogP contribution in [0, 0.1) is 24.0 Å². The van der Waals surface area contributed by atoms with Crippen molar-refractivity contribution in [2.75, 3.05) is 0 Å². The van der Waals surface area contributed by atoms with Crippen molar-refractivity contribution in [2.45, 2.75) is 13.8 Å². The number of tetrazole rings is 1. The number of nitrogens with zero attached hydrogens (tertiary/aromatic N) is 4. The average molecular weight is 389 g/mol. The highest BCUT2D eigenvalue weighted by atomic mass is 16.6. The van der Waals surface area contributed by atoms with Gasteiger partial charge in [0.1, 0.15) is 11.8 Å². The van der Waals surface area contributed by atoms with Crippen LogP contribution in [0.3, 0.4) is 0 Å². The van der Waals surface area contributed by atoms with Gasteiger partial charge >= 0.3 is 0 Å². The highest BCUT2D eigenvalue weighted by molar-refractivity contribution is 5.91. The van der Waals surface area contributed by atoms with Crippen LogP contribution in [-0.4, -0.2) is 25.5 Å². The Kier molecular flexibility index (Phi) is 4.47. The molecule has 0 aliphatic carbocycles. The van der Waals surface area contributed by atoms with Crippen molar-refractivity contribution in [3.63, 3.8) is 0 Å². The van der Waals surface area contributed by atoms with E-state index in [2.05, 4.69) is 20.6 Å². The summed E-state index contributed by atoms with van der Waals surface area (Å²) in [4.78, 5) is 23.5. The third kappa shape index (κ3) is 3.41. The van der Waals surface area contributed by atoms with E-state index in [1.807, 2.05) is 19.9 Å². The molecular weight excluding hydrogens is 374 g/mol. The lowest BCUT2D eigenvalue weighted by atomic mass is 10.0. The van der Waals surface area contributed by atoms with Crippen molar-refractivity contribution in [2.24, 2.45) is 0 Å². The smallest absolute Gasteiger partial charge is 0.269 e. The maximum Gasteiger partial charge on any atom is 0.269 e. The number of H-pyrrole nitrogens is 1. The molecule has 1 N–H and O–H groups in total. The minimum Gasteiger partial charge on any atom is -0.463 e. The Bertz CT molecular complexity index is 1310. The van der Waals surface area contributed by atoms with Crippen molar-refractivity contribution in [3.8, 4) is 0 Å². The number of hydrogen-bond donors (Lipinski definition) is 1. The number of aromatic nitrogens is 4. The number of benzene rings is 2. The molecule has 0 atom stereocenters. The first-order valence-electron chi connectivity index (χ1n) is 8.67. The van der Waals surface area contributed by atoms with Crippen LogP contribution in [0.2, 0.25) is 0 Å². The Labute approximate surface area is 163 Å². The van der Waals surface area contributed by atoms with Gasteiger partial charge < -0.3 is 4.42 Å². The van der Waals surface area contributed by atoms with Crippen LogP contribution in [-0.2, 0) is 0 Å². The molecule has 4 rings (SSSR count). The predicted octanol–water partition coefficient (Wildman–Crippen LogP) is 3.42. The summed E-state index contributed by atoms with van der Waals surface area (Å²) in [6, 6.07) is 9.61. The van der Waals surface area contributed by atoms with Crippen molar-refractivity contribution < 1.29 is 9.34 Å². The molecule has 0 radical (unpaired) electrons. The van der Waals surface area contributed by atoms with E-state index in [0.29, 0.717) is 27.7 Å². The first-order chi connectivity index (χ1) is 13.9. The molecule has 0 saturated heterocycles. The van der Waals surface area contributed by atoms with E-state index in [1.165, 1.54) is 18.4 Å². The normalized spacial score (nSPS) is 11.7. The van der Waals surface area contributed by atoms with E-state index in [4.69, 9.17) is 4.42 Å². The highest BCUT2D eigenvalue weighted by Crippen LogP contribution is 2.25. The monoisotopic (exact) mass is 389 g/mol. The maximum absolute atomic E-state index is 13.1. The van der Waals surface area contributed by atoms with Crippen LogP contribution >= 0.6 is 0 Å². The van der Waals surface area contributed by atoms with Gasteiger partial charge in [-0.3, -0.25) is 14.9 Å². The Balaban J connectivity index is 1.91. The van der Waals surface area contributed by atoms with Crippen LogP contribution in [0.25, 0.3) is 22.6 Å². The number of hydrogen-bond acceptors (Lipinski definition) is 7. The number of nitro benzene ring substituents is 1.